The van der Waals surface area contributed by atoms with E-state index in [0.717, 1.165) is 12.2 Å². The first-order chi connectivity index (χ1) is 24.2. The highest BCUT2D eigenvalue weighted by atomic mass is 16.5. The molecule has 1 aromatic carbocycles. The van der Waals surface area contributed by atoms with Gasteiger partial charge < -0.3 is 25.4 Å². The minimum absolute atomic E-state index is 0.0135. The van der Waals surface area contributed by atoms with Gasteiger partial charge in [0, 0.05) is 42.1 Å². The molecule has 4 N–H and O–H groups in total. The third-order valence-electron chi connectivity index (χ3n) is 9.08. The summed E-state index contributed by atoms with van der Waals surface area (Å²) in [7, 11) is 1.84. The minimum atomic E-state index is -1.52. The number of rotatable bonds is 13. The predicted molar refractivity (Wildman–Crippen MR) is 193 cm³/mol. The molecule has 3 heterocycles. The lowest BCUT2D eigenvalue weighted by molar-refractivity contribution is -0.111. The van der Waals surface area contributed by atoms with Gasteiger partial charge in [-0.15, -0.1) is 10.2 Å². The second kappa shape index (κ2) is 15.0. The Balaban J connectivity index is 1.37. The Kier molecular flexibility index (Phi) is 10.9. The van der Waals surface area contributed by atoms with Crippen LogP contribution < -0.4 is 20.7 Å². The molecule has 270 valence electrons. The van der Waals surface area contributed by atoms with Gasteiger partial charge in [-0.3, -0.25) is 19.3 Å². The van der Waals surface area contributed by atoms with Crippen LogP contribution >= 0.6 is 0 Å². The number of anilines is 1. The second-order valence-electron chi connectivity index (χ2n) is 14.4. The Labute approximate surface area is 297 Å². The molecule has 1 aliphatic rings. The lowest BCUT2D eigenvalue weighted by atomic mass is 9.81. The van der Waals surface area contributed by atoms with E-state index >= 15 is 0 Å². The molecule has 1 aliphatic carbocycles. The third kappa shape index (κ3) is 8.24. The van der Waals surface area contributed by atoms with Crippen molar-refractivity contribution in [1.29, 1.82) is 0 Å². The molecular formula is C37H47N9O5. The largest absolute Gasteiger partial charge is 0.480 e. The average molecular weight is 698 g/mol. The van der Waals surface area contributed by atoms with Crippen LogP contribution in [0.1, 0.15) is 87.3 Å². The lowest BCUT2D eigenvalue weighted by Crippen LogP contribution is -2.49. The van der Waals surface area contributed by atoms with Crippen molar-refractivity contribution in [2.75, 3.05) is 38.6 Å². The number of fused-ring (bicyclic) bond motifs is 2. The van der Waals surface area contributed by atoms with Gasteiger partial charge in [-0.2, -0.15) is 0 Å². The summed E-state index contributed by atoms with van der Waals surface area (Å²) in [4.78, 5) is 50.1. The zero-order chi connectivity index (χ0) is 37.0. The molecule has 4 aromatic rings. The fourth-order valence-electron chi connectivity index (χ4n) is 5.66. The number of carbonyl (C=O) groups excluding carboxylic acids is 3. The Morgan fingerprint density at radius 2 is 1.84 bits per heavy atom. The van der Waals surface area contributed by atoms with Crippen LogP contribution in [0.3, 0.4) is 0 Å². The van der Waals surface area contributed by atoms with Crippen LogP contribution in [-0.2, 0) is 21.2 Å². The van der Waals surface area contributed by atoms with E-state index in [9.17, 15) is 14.4 Å². The molecule has 0 saturated carbocycles. The van der Waals surface area contributed by atoms with E-state index < -0.39 is 29.0 Å². The summed E-state index contributed by atoms with van der Waals surface area (Å²) in [6.07, 6.45) is 6.21. The van der Waals surface area contributed by atoms with Crippen molar-refractivity contribution in [3.63, 3.8) is 0 Å². The van der Waals surface area contributed by atoms with E-state index in [1.807, 2.05) is 67.6 Å². The topological polar surface area (TPSA) is 176 Å². The molecule has 0 aliphatic heterocycles. The lowest BCUT2D eigenvalue weighted by Gasteiger charge is -2.34. The quantitative estimate of drug-likeness (QED) is 0.118. The molecule has 2 atom stereocenters. The summed E-state index contributed by atoms with van der Waals surface area (Å²) >= 11 is 0. The van der Waals surface area contributed by atoms with Crippen molar-refractivity contribution in [2.45, 2.75) is 70.4 Å². The van der Waals surface area contributed by atoms with Gasteiger partial charge in [0.25, 0.3) is 5.91 Å². The third-order valence-corrected chi connectivity index (χ3v) is 9.08. The van der Waals surface area contributed by atoms with Crippen molar-refractivity contribution in [2.24, 2.45) is 0 Å². The fraction of sp³-hybridized carbons (Fsp3) is 0.432. The molecule has 0 saturated heterocycles. The van der Waals surface area contributed by atoms with Crippen LogP contribution in [0, 0.1) is 0 Å². The van der Waals surface area contributed by atoms with Gasteiger partial charge in [-0.1, -0.05) is 65.8 Å². The molecule has 0 bridgehead atoms. The van der Waals surface area contributed by atoms with Crippen molar-refractivity contribution in [1.82, 2.24) is 40.1 Å². The van der Waals surface area contributed by atoms with E-state index in [2.05, 4.69) is 56.9 Å². The number of aliphatic hydroxyl groups excluding tert-OH is 1. The first-order valence-corrected chi connectivity index (χ1v) is 17.0. The van der Waals surface area contributed by atoms with Crippen molar-refractivity contribution < 1.29 is 24.2 Å². The summed E-state index contributed by atoms with van der Waals surface area (Å²) in [5, 5.41) is 26.2. The minimum Gasteiger partial charge on any atom is -0.480 e. The van der Waals surface area contributed by atoms with Gasteiger partial charge >= 0.3 is 6.03 Å². The summed E-state index contributed by atoms with van der Waals surface area (Å²) in [6.45, 7) is 13.5. The number of nitrogens with zero attached hydrogens (tertiary/aromatic N) is 6. The molecule has 0 spiro atoms. The van der Waals surface area contributed by atoms with E-state index in [1.54, 1.807) is 30.4 Å². The zero-order valence-corrected chi connectivity index (χ0v) is 30.2. The monoisotopic (exact) mass is 697 g/mol. The summed E-state index contributed by atoms with van der Waals surface area (Å²) in [5.41, 5.74) is 0.314. The summed E-state index contributed by atoms with van der Waals surface area (Å²) < 4.78 is 8.39. The number of likely N-dealkylation sites (N-methyl/N-ethyl adjacent to an activating group) is 1. The number of aldehydes is 1. The molecule has 14 heteroatoms. The number of aromatic nitrogens is 5. The highest BCUT2D eigenvalue weighted by Gasteiger charge is 2.38. The van der Waals surface area contributed by atoms with Crippen LogP contribution in [0.2, 0.25) is 0 Å². The Bertz CT molecular complexity index is 1930. The number of amides is 3. The van der Waals surface area contributed by atoms with E-state index in [1.165, 1.54) is 0 Å². The number of nitrogens with one attached hydrogen (secondary N) is 3. The van der Waals surface area contributed by atoms with Gasteiger partial charge in [0.1, 0.15) is 29.0 Å². The van der Waals surface area contributed by atoms with Crippen LogP contribution in [0.5, 0.6) is 5.75 Å². The van der Waals surface area contributed by atoms with Gasteiger partial charge in [0.05, 0.1) is 18.5 Å². The normalized spacial score (nSPS) is 17.2. The number of benzene rings is 1. The highest BCUT2D eigenvalue weighted by Crippen LogP contribution is 2.37. The number of ether oxygens (including phenoxy) is 1. The molecule has 3 aromatic heterocycles. The number of pyridine rings is 1. The molecule has 0 unspecified atom stereocenters. The fourth-order valence-corrected chi connectivity index (χ4v) is 5.66. The van der Waals surface area contributed by atoms with E-state index in [4.69, 9.17) is 9.84 Å². The zero-order valence-electron chi connectivity index (χ0n) is 30.2. The first kappa shape index (κ1) is 37.1. The molecular weight excluding hydrogens is 650 g/mol. The number of aliphatic hydroxyl groups is 1. The maximum Gasteiger partial charge on any atom is 0.321 e. The molecule has 5 rings (SSSR count). The Morgan fingerprint density at radius 1 is 1.08 bits per heavy atom. The number of carbonyl (C=O) groups is 3. The number of hydrogen-bond acceptors (Lipinski definition) is 10. The van der Waals surface area contributed by atoms with Gasteiger partial charge in [-0.25, -0.2) is 14.8 Å². The van der Waals surface area contributed by atoms with Crippen LogP contribution in [0.25, 0.3) is 5.65 Å². The molecule has 0 fully saturated rings. The van der Waals surface area contributed by atoms with E-state index in [-0.39, 0.29) is 23.7 Å². The van der Waals surface area contributed by atoms with Crippen LogP contribution in [0.15, 0.2) is 60.8 Å². The smallest absolute Gasteiger partial charge is 0.321 e. The SMILES string of the molecule is CCC(C)(C)c1nnc2ccc(O[C@@H]3C=C[C@](C=O)(NC(=O)Nc4cc(C(C)(C)C)nc(C(=O)NCCN(C)CCO)n4)c4ccccc43)cn12. The van der Waals surface area contributed by atoms with Crippen molar-refractivity contribution in [3.8, 4) is 5.75 Å². The number of urea groups is 1. The summed E-state index contributed by atoms with van der Waals surface area (Å²) in [5.74, 6) is 0.897. The van der Waals surface area contributed by atoms with Crippen molar-refractivity contribution in [3.05, 3.63) is 89.3 Å². The average Bonchev–Trinajstić information content (AvgIpc) is 3.53. The second-order valence-corrected chi connectivity index (χ2v) is 14.4. The standard InChI is InChI=1S/C37H47N9O5/c1-8-36(5,6)33-44-43-30-14-13-24(22-46(30)33)51-27-15-16-37(23-48,26-12-10-9-11-25(26)27)42-34(50)41-29-21-28(35(2,3)4)39-31(40-29)32(49)38-17-18-45(7)19-20-47/h9-16,21-23,27,47H,8,17-20H2,1-7H3,(H,38,49)(H2,39,40,41,42,50)/t27-,37-/m1/s1. The molecule has 3 amide bonds. The number of hydrogen-bond donors (Lipinski definition) is 4. The van der Waals surface area contributed by atoms with Crippen LogP contribution in [-0.4, -0.2) is 86.1 Å². The van der Waals surface area contributed by atoms with E-state index in [0.29, 0.717) is 54.1 Å². The maximum atomic E-state index is 13.6. The predicted octanol–water partition coefficient (Wildman–Crippen LogP) is 4.06. The van der Waals surface area contributed by atoms with Gasteiger partial charge in [-0.05, 0) is 43.3 Å². The first-order valence-electron chi connectivity index (χ1n) is 17.0. The summed E-state index contributed by atoms with van der Waals surface area (Å²) in [6, 6.07) is 11.8. The van der Waals surface area contributed by atoms with Gasteiger partial charge in [0.2, 0.25) is 5.82 Å². The van der Waals surface area contributed by atoms with Crippen LogP contribution in [0.4, 0.5) is 10.6 Å². The Morgan fingerprint density at radius 3 is 2.55 bits per heavy atom. The molecule has 14 nitrogen and oxygen atoms in total. The Hall–Kier alpha value is -5.21. The molecule has 0 radical (unpaired) electrons. The maximum absolute atomic E-state index is 13.6. The van der Waals surface area contributed by atoms with Crippen molar-refractivity contribution >= 4 is 29.7 Å². The van der Waals surface area contributed by atoms with Gasteiger partial charge in [0.15, 0.2) is 11.9 Å². The molecule has 51 heavy (non-hydrogen) atoms. The highest BCUT2D eigenvalue weighted by molar-refractivity contribution is 5.94.